The highest BCUT2D eigenvalue weighted by molar-refractivity contribution is 5.80. The number of aliphatic imine (C=N–C) groups is 1. The molecule has 1 aromatic heterocycles. The van der Waals surface area contributed by atoms with Crippen LogP contribution in [0, 0.1) is 0 Å². The molecule has 2 aromatic rings. The lowest BCUT2D eigenvalue weighted by molar-refractivity contribution is 0.501. The highest BCUT2D eigenvalue weighted by Crippen LogP contribution is 2.15. The molecular weight excluding hydrogens is 262 g/mol. The van der Waals surface area contributed by atoms with E-state index in [2.05, 4.69) is 58.5 Å². The van der Waals surface area contributed by atoms with Gasteiger partial charge in [-0.05, 0) is 26.3 Å². The number of nitrogens with one attached hydrogen (secondary N) is 3. The maximum Gasteiger partial charge on any atom is 0.191 e. The summed E-state index contributed by atoms with van der Waals surface area (Å²) in [5.41, 5.74) is 2.12. The lowest BCUT2D eigenvalue weighted by atomic mass is 10.1. The maximum absolute atomic E-state index is 4.39. The SMILES string of the molecule is CN=C(NCc1ncc(-c2ccccc2)[nH]1)NC(C)(C)C. The fourth-order valence-electron chi connectivity index (χ4n) is 1.92. The molecule has 0 spiro atoms. The lowest BCUT2D eigenvalue weighted by Gasteiger charge is -2.23. The highest BCUT2D eigenvalue weighted by Gasteiger charge is 2.12. The zero-order valence-electron chi connectivity index (χ0n) is 13.1. The molecule has 0 saturated carbocycles. The molecule has 2 rings (SSSR count). The van der Waals surface area contributed by atoms with E-state index < -0.39 is 0 Å². The minimum absolute atomic E-state index is 0.0276. The van der Waals surface area contributed by atoms with Gasteiger partial charge in [0, 0.05) is 12.6 Å². The second-order valence-electron chi connectivity index (χ2n) is 5.91. The third kappa shape index (κ3) is 4.63. The number of guanidine groups is 1. The normalized spacial score (nSPS) is 12.3. The molecule has 5 heteroatoms. The second-order valence-corrected chi connectivity index (χ2v) is 5.91. The quantitative estimate of drug-likeness (QED) is 0.600. The third-order valence-electron chi connectivity index (χ3n) is 2.85. The van der Waals surface area contributed by atoms with E-state index >= 15 is 0 Å². The Morgan fingerprint density at radius 3 is 2.57 bits per heavy atom. The number of nitrogens with zero attached hydrogens (tertiary/aromatic N) is 2. The average molecular weight is 285 g/mol. The summed E-state index contributed by atoms with van der Waals surface area (Å²) < 4.78 is 0. The van der Waals surface area contributed by atoms with Crippen molar-refractivity contribution in [2.75, 3.05) is 7.05 Å². The van der Waals surface area contributed by atoms with Gasteiger partial charge in [-0.3, -0.25) is 4.99 Å². The fraction of sp³-hybridized carbons (Fsp3) is 0.375. The summed E-state index contributed by atoms with van der Waals surface area (Å²) >= 11 is 0. The molecular formula is C16H23N5. The number of rotatable bonds is 3. The van der Waals surface area contributed by atoms with Crippen molar-refractivity contribution >= 4 is 5.96 Å². The molecule has 0 aliphatic rings. The van der Waals surface area contributed by atoms with Crippen LogP contribution in [0.1, 0.15) is 26.6 Å². The van der Waals surface area contributed by atoms with Gasteiger partial charge in [0.15, 0.2) is 5.96 Å². The minimum Gasteiger partial charge on any atom is -0.352 e. The Morgan fingerprint density at radius 2 is 1.95 bits per heavy atom. The molecule has 0 aliphatic heterocycles. The minimum atomic E-state index is -0.0276. The Bertz CT molecular complexity index is 593. The lowest BCUT2D eigenvalue weighted by Crippen LogP contribution is -2.47. The standard InChI is InChI=1S/C16H23N5/c1-16(2,3)21-15(17-4)19-11-14-18-10-13(20-14)12-8-6-5-7-9-12/h5-10H,11H2,1-4H3,(H,18,20)(H2,17,19,21). The number of hydrogen-bond acceptors (Lipinski definition) is 2. The summed E-state index contributed by atoms with van der Waals surface area (Å²) in [6.45, 7) is 6.89. The van der Waals surface area contributed by atoms with Crippen molar-refractivity contribution in [2.45, 2.75) is 32.9 Å². The van der Waals surface area contributed by atoms with Crippen LogP contribution in [0.4, 0.5) is 0 Å². The molecule has 0 aliphatic carbocycles. The first-order chi connectivity index (χ1) is 9.98. The van der Waals surface area contributed by atoms with Crippen LogP contribution >= 0.6 is 0 Å². The third-order valence-corrected chi connectivity index (χ3v) is 2.85. The van der Waals surface area contributed by atoms with Crippen molar-refractivity contribution in [1.29, 1.82) is 0 Å². The van der Waals surface area contributed by atoms with E-state index in [1.54, 1.807) is 7.05 Å². The molecule has 0 radical (unpaired) electrons. The van der Waals surface area contributed by atoms with Crippen LogP contribution in [-0.4, -0.2) is 28.5 Å². The number of aromatic amines is 1. The van der Waals surface area contributed by atoms with Crippen molar-refractivity contribution in [3.8, 4) is 11.3 Å². The van der Waals surface area contributed by atoms with Crippen LogP contribution in [0.3, 0.4) is 0 Å². The van der Waals surface area contributed by atoms with Crippen LogP contribution in [0.15, 0.2) is 41.5 Å². The summed E-state index contributed by atoms with van der Waals surface area (Å²) in [6, 6.07) is 10.2. The predicted octanol–water partition coefficient (Wildman–Crippen LogP) is 2.54. The number of imidazole rings is 1. The first kappa shape index (κ1) is 15.1. The molecule has 0 amide bonds. The van der Waals surface area contributed by atoms with E-state index in [-0.39, 0.29) is 5.54 Å². The Balaban J connectivity index is 1.97. The van der Waals surface area contributed by atoms with Gasteiger partial charge in [0.05, 0.1) is 18.4 Å². The van der Waals surface area contributed by atoms with E-state index in [0.717, 1.165) is 23.0 Å². The van der Waals surface area contributed by atoms with Crippen molar-refractivity contribution in [3.05, 3.63) is 42.4 Å². The van der Waals surface area contributed by atoms with E-state index in [0.29, 0.717) is 6.54 Å². The van der Waals surface area contributed by atoms with Gasteiger partial charge in [-0.25, -0.2) is 4.98 Å². The Hall–Kier alpha value is -2.30. The van der Waals surface area contributed by atoms with Gasteiger partial charge in [0.25, 0.3) is 0 Å². The zero-order chi connectivity index (χ0) is 15.3. The van der Waals surface area contributed by atoms with Gasteiger partial charge in [-0.1, -0.05) is 30.3 Å². The molecule has 21 heavy (non-hydrogen) atoms. The van der Waals surface area contributed by atoms with Crippen LogP contribution in [0.5, 0.6) is 0 Å². The van der Waals surface area contributed by atoms with Crippen LogP contribution < -0.4 is 10.6 Å². The van der Waals surface area contributed by atoms with Crippen molar-refractivity contribution in [1.82, 2.24) is 20.6 Å². The molecule has 0 bridgehead atoms. The molecule has 5 nitrogen and oxygen atoms in total. The topological polar surface area (TPSA) is 65.1 Å². The summed E-state index contributed by atoms with van der Waals surface area (Å²) in [4.78, 5) is 11.9. The predicted molar refractivity (Wildman–Crippen MR) is 87.1 cm³/mol. The van der Waals surface area contributed by atoms with Crippen molar-refractivity contribution in [2.24, 2.45) is 4.99 Å². The van der Waals surface area contributed by atoms with Crippen molar-refractivity contribution < 1.29 is 0 Å². The number of hydrogen-bond donors (Lipinski definition) is 3. The monoisotopic (exact) mass is 285 g/mol. The van der Waals surface area contributed by atoms with Gasteiger partial charge >= 0.3 is 0 Å². The molecule has 112 valence electrons. The van der Waals surface area contributed by atoms with Gasteiger partial charge < -0.3 is 15.6 Å². The van der Waals surface area contributed by atoms with Gasteiger partial charge in [-0.2, -0.15) is 0 Å². The van der Waals surface area contributed by atoms with E-state index in [9.17, 15) is 0 Å². The second kappa shape index (κ2) is 6.43. The fourth-order valence-corrected chi connectivity index (χ4v) is 1.92. The number of aromatic nitrogens is 2. The molecule has 1 heterocycles. The van der Waals surface area contributed by atoms with Crippen molar-refractivity contribution in [3.63, 3.8) is 0 Å². The molecule has 0 atom stereocenters. The van der Waals surface area contributed by atoms with Gasteiger partial charge in [-0.15, -0.1) is 0 Å². The maximum atomic E-state index is 4.39. The Morgan fingerprint density at radius 1 is 1.24 bits per heavy atom. The number of H-pyrrole nitrogens is 1. The van der Waals surface area contributed by atoms with Crippen LogP contribution in [0.2, 0.25) is 0 Å². The average Bonchev–Trinajstić information content (AvgIpc) is 2.92. The summed E-state index contributed by atoms with van der Waals surface area (Å²) in [5.74, 6) is 1.64. The van der Waals surface area contributed by atoms with Crippen LogP contribution in [-0.2, 0) is 6.54 Å². The highest BCUT2D eigenvalue weighted by atomic mass is 15.2. The van der Waals surface area contributed by atoms with Gasteiger partial charge in [0.2, 0.25) is 0 Å². The largest absolute Gasteiger partial charge is 0.352 e. The summed E-state index contributed by atoms with van der Waals surface area (Å²) in [6.07, 6.45) is 1.85. The first-order valence-electron chi connectivity index (χ1n) is 7.06. The molecule has 1 aromatic carbocycles. The summed E-state index contributed by atoms with van der Waals surface area (Å²) in [5, 5.41) is 6.56. The smallest absolute Gasteiger partial charge is 0.191 e. The van der Waals surface area contributed by atoms with Crippen LogP contribution in [0.25, 0.3) is 11.3 Å². The molecule has 0 unspecified atom stereocenters. The Kier molecular flexibility index (Phi) is 4.62. The first-order valence-corrected chi connectivity index (χ1v) is 7.06. The van der Waals surface area contributed by atoms with E-state index in [4.69, 9.17) is 0 Å². The van der Waals surface area contributed by atoms with Gasteiger partial charge in [0.1, 0.15) is 5.82 Å². The molecule has 0 fully saturated rings. The van der Waals surface area contributed by atoms with E-state index in [1.165, 1.54) is 0 Å². The number of benzene rings is 1. The van der Waals surface area contributed by atoms with E-state index in [1.807, 2.05) is 24.4 Å². The Labute approximate surface area is 125 Å². The molecule has 3 N–H and O–H groups in total. The molecule has 0 saturated heterocycles. The summed E-state index contributed by atoms with van der Waals surface area (Å²) in [7, 11) is 1.76. The zero-order valence-corrected chi connectivity index (χ0v) is 13.1.